The van der Waals surface area contributed by atoms with Crippen LogP contribution in [0.25, 0.3) is 0 Å². The summed E-state index contributed by atoms with van der Waals surface area (Å²) >= 11 is 0. The third kappa shape index (κ3) is 3.65. The first-order chi connectivity index (χ1) is 12.1. The zero-order chi connectivity index (χ0) is 19.2. The number of aliphatic hydroxyl groups excluding tert-OH is 1. The molecule has 1 aromatic rings. The second-order valence-electron chi connectivity index (χ2n) is 7.61. The Balaban J connectivity index is 1.78. The number of fused-ring (bicyclic) bond motifs is 1. The maximum Gasteiger partial charge on any atom is 0.419 e. The van der Waals surface area contributed by atoms with Gasteiger partial charge in [0.1, 0.15) is 5.82 Å². The highest BCUT2D eigenvalue weighted by Gasteiger charge is 2.57. The highest BCUT2D eigenvalue weighted by Crippen LogP contribution is 2.57. The molecule has 4 atom stereocenters. The molecule has 1 heterocycles. The van der Waals surface area contributed by atoms with Crippen LogP contribution in [-0.2, 0) is 6.18 Å². The van der Waals surface area contributed by atoms with Gasteiger partial charge in [-0.1, -0.05) is 0 Å². The molecule has 0 amide bonds. The van der Waals surface area contributed by atoms with Crippen LogP contribution in [0.2, 0.25) is 0 Å². The van der Waals surface area contributed by atoms with Gasteiger partial charge in [-0.2, -0.15) is 18.3 Å². The predicted molar refractivity (Wildman–Crippen MR) is 93.4 cm³/mol. The van der Waals surface area contributed by atoms with Crippen molar-refractivity contribution < 1.29 is 18.3 Å². The van der Waals surface area contributed by atoms with Crippen LogP contribution >= 0.6 is 0 Å². The molecule has 1 unspecified atom stereocenters. The zero-order valence-electron chi connectivity index (χ0n) is 15.2. The fourth-order valence-corrected chi connectivity index (χ4v) is 4.00. The number of alkyl halides is 3. The quantitative estimate of drug-likeness (QED) is 0.617. The minimum atomic E-state index is -4.55. The van der Waals surface area contributed by atoms with Crippen molar-refractivity contribution in [2.75, 3.05) is 12.3 Å². The SMILES string of the molecule is C/C(=N\N(CC1[C@H]2[C@@H]1CC[C@@H]2O)C(C)C)c1cnc(N)c(C(F)(F)F)c1. The molecule has 0 spiro atoms. The van der Waals surface area contributed by atoms with Gasteiger partial charge in [0.2, 0.25) is 0 Å². The van der Waals surface area contributed by atoms with Gasteiger partial charge in [0.25, 0.3) is 0 Å². The van der Waals surface area contributed by atoms with Gasteiger partial charge in [-0.05, 0) is 57.4 Å². The molecule has 3 N–H and O–H groups in total. The number of halogens is 3. The number of rotatable bonds is 5. The van der Waals surface area contributed by atoms with Crippen LogP contribution in [0, 0.1) is 17.8 Å². The van der Waals surface area contributed by atoms with Crippen molar-refractivity contribution in [1.82, 2.24) is 9.99 Å². The Hall–Kier alpha value is -1.83. The molecule has 5 nitrogen and oxygen atoms in total. The number of hydrogen-bond acceptors (Lipinski definition) is 5. The van der Waals surface area contributed by atoms with Crippen LogP contribution in [0.5, 0.6) is 0 Å². The smallest absolute Gasteiger partial charge is 0.393 e. The Morgan fingerprint density at radius 1 is 1.42 bits per heavy atom. The van der Waals surface area contributed by atoms with Crippen LogP contribution in [0.1, 0.15) is 44.7 Å². The summed E-state index contributed by atoms with van der Waals surface area (Å²) < 4.78 is 39.1. The summed E-state index contributed by atoms with van der Waals surface area (Å²) in [6, 6.07) is 1.10. The van der Waals surface area contributed by atoms with Crippen LogP contribution in [0.15, 0.2) is 17.4 Å². The standard InChI is InChI=1S/C18H25F3N4O/c1-9(2)25(8-13-12-4-5-15(26)16(12)13)24-10(3)11-6-14(18(19,20)21)17(22)23-7-11/h6-7,9,12-13,15-16,26H,4-5,8H2,1-3H3,(H2,22,23)/b24-10+/t12-,13?,15+,16-/m1/s1. The van der Waals surface area contributed by atoms with Crippen molar-refractivity contribution in [1.29, 1.82) is 0 Å². The summed E-state index contributed by atoms with van der Waals surface area (Å²) in [7, 11) is 0. The fourth-order valence-electron chi connectivity index (χ4n) is 4.00. The van der Waals surface area contributed by atoms with Crippen molar-refractivity contribution in [3.63, 3.8) is 0 Å². The number of nitrogens with two attached hydrogens (primary N) is 1. The number of nitrogens with zero attached hydrogens (tertiary/aromatic N) is 3. The lowest BCUT2D eigenvalue weighted by Gasteiger charge is -2.25. The topological polar surface area (TPSA) is 74.7 Å². The summed E-state index contributed by atoms with van der Waals surface area (Å²) in [6.45, 7) is 6.36. The number of nitrogen functional groups attached to an aromatic ring is 1. The molecule has 1 aromatic heterocycles. The summed E-state index contributed by atoms with van der Waals surface area (Å²) in [4.78, 5) is 3.67. The van der Waals surface area contributed by atoms with Crippen LogP contribution in [-0.4, -0.2) is 39.5 Å². The van der Waals surface area contributed by atoms with Gasteiger partial charge >= 0.3 is 6.18 Å². The molecule has 2 aliphatic rings. The van der Waals surface area contributed by atoms with Crippen molar-refractivity contribution in [3.05, 3.63) is 23.4 Å². The second-order valence-corrected chi connectivity index (χ2v) is 7.61. The summed E-state index contributed by atoms with van der Waals surface area (Å²) in [5.74, 6) is 0.779. The van der Waals surface area contributed by atoms with E-state index in [1.165, 1.54) is 6.20 Å². The Kier molecular flexibility index (Phi) is 4.90. The average Bonchev–Trinajstić information content (AvgIpc) is 3.09. The van der Waals surface area contributed by atoms with Gasteiger partial charge in [0, 0.05) is 24.3 Å². The van der Waals surface area contributed by atoms with Crippen molar-refractivity contribution in [2.45, 2.75) is 51.9 Å². The number of hydrazone groups is 1. The second kappa shape index (κ2) is 6.72. The molecule has 0 bridgehead atoms. The van der Waals surface area contributed by atoms with Gasteiger partial charge < -0.3 is 10.8 Å². The minimum absolute atomic E-state index is 0.104. The third-order valence-corrected chi connectivity index (χ3v) is 5.55. The van der Waals surface area contributed by atoms with E-state index >= 15 is 0 Å². The molecular weight excluding hydrogens is 345 g/mol. The molecule has 3 rings (SSSR count). The van der Waals surface area contributed by atoms with Gasteiger partial charge in [0.05, 0.1) is 17.4 Å². The molecule has 8 heteroatoms. The molecule has 0 radical (unpaired) electrons. The minimum Gasteiger partial charge on any atom is -0.393 e. The van der Waals surface area contributed by atoms with E-state index in [2.05, 4.69) is 10.1 Å². The number of aliphatic hydroxyl groups is 1. The van der Waals surface area contributed by atoms with E-state index in [0.717, 1.165) is 18.9 Å². The predicted octanol–water partition coefficient (Wildman–Crippen LogP) is 3.13. The first-order valence-electron chi connectivity index (χ1n) is 8.92. The molecule has 2 saturated carbocycles. The maximum atomic E-state index is 13.0. The van der Waals surface area contributed by atoms with Gasteiger partial charge in [-0.25, -0.2) is 4.98 Å². The van der Waals surface area contributed by atoms with Crippen molar-refractivity contribution in [3.8, 4) is 0 Å². The Morgan fingerprint density at radius 2 is 2.12 bits per heavy atom. The Bertz CT molecular complexity index is 704. The molecule has 144 valence electrons. The molecule has 2 fully saturated rings. The summed E-state index contributed by atoms with van der Waals surface area (Å²) in [6.07, 6.45) is -1.54. The lowest BCUT2D eigenvalue weighted by Crippen LogP contribution is -2.30. The van der Waals surface area contributed by atoms with Crippen LogP contribution in [0.4, 0.5) is 19.0 Å². The van der Waals surface area contributed by atoms with Crippen LogP contribution in [0.3, 0.4) is 0 Å². The van der Waals surface area contributed by atoms with Gasteiger partial charge in [0.15, 0.2) is 0 Å². The van der Waals surface area contributed by atoms with E-state index < -0.39 is 17.6 Å². The van der Waals surface area contributed by atoms with Gasteiger partial charge in [-0.3, -0.25) is 5.01 Å². The molecule has 26 heavy (non-hydrogen) atoms. The van der Waals surface area contributed by atoms with E-state index in [1.54, 1.807) is 6.92 Å². The largest absolute Gasteiger partial charge is 0.419 e. The van der Waals surface area contributed by atoms with E-state index in [4.69, 9.17) is 5.73 Å². The van der Waals surface area contributed by atoms with Crippen molar-refractivity contribution >= 4 is 11.5 Å². The number of aromatic nitrogens is 1. The van der Waals surface area contributed by atoms with E-state index in [1.807, 2.05) is 18.9 Å². The highest BCUT2D eigenvalue weighted by molar-refractivity contribution is 5.98. The Labute approximate surface area is 151 Å². The summed E-state index contributed by atoms with van der Waals surface area (Å²) in [5.41, 5.74) is 5.18. The first-order valence-corrected chi connectivity index (χ1v) is 8.92. The van der Waals surface area contributed by atoms with E-state index in [9.17, 15) is 18.3 Å². The molecule has 0 aliphatic heterocycles. The first kappa shape index (κ1) is 18.9. The van der Waals surface area contributed by atoms with Crippen molar-refractivity contribution in [2.24, 2.45) is 22.9 Å². The molecule has 0 aromatic carbocycles. The number of anilines is 1. The zero-order valence-corrected chi connectivity index (χ0v) is 15.2. The molecular formula is C18H25F3N4O. The summed E-state index contributed by atoms with van der Waals surface area (Å²) in [5, 5.41) is 16.4. The van der Waals surface area contributed by atoms with Crippen LogP contribution < -0.4 is 5.73 Å². The lowest BCUT2D eigenvalue weighted by molar-refractivity contribution is -0.137. The average molecular weight is 370 g/mol. The Morgan fingerprint density at radius 3 is 2.65 bits per heavy atom. The van der Waals surface area contributed by atoms with Gasteiger partial charge in [-0.15, -0.1) is 0 Å². The fraction of sp³-hybridized carbons (Fsp3) is 0.667. The third-order valence-electron chi connectivity index (χ3n) is 5.55. The number of hydrogen-bond donors (Lipinski definition) is 2. The van der Waals surface area contributed by atoms with E-state index in [-0.39, 0.29) is 12.1 Å². The molecule has 0 saturated heterocycles. The lowest BCUT2D eigenvalue weighted by atomic mass is 10.1. The normalized spacial score (nSPS) is 28.4. The molecule has 2 aliphatic carbocycles. The highest BCUT2D eigenvalue weighted by atomic mass is 19.4. The monoisotopic (exact) mass is 370 g/mol. The maximum absolute atomic E-state index is 13.0. The van der Waals surface area contributed by atoms with E-state index in [0.29, 0.717) is 35.6 Å². The number of pyridine rings is 1.